The third kappa shape index (κ3) is 20.5. The standard InChI is InChI=1S/C20H17ClF5N3O2.C14H9F3N2O4.C12H13ClF2N2O.CH4.ClH.2F2/c21-16-9-14(19(22,23)11-30)10-27-17(16)12-5-7-29(8-6-12)18(31)28-15-3-1-13(2-4-15)20(24,25)26;15-14(16,17)9-1-3-10(4-2-9)18-13(20)23-12-7-5-11(6-8-12)19(21)22;13-10-5-9(12(14,15)7-18)6-17-11(10)8-1-3-16-4-2-8;;;2*1-2/h1-5,9-10,30H,6-8,11H2,(H,28,31);1-8H,(H,18,20);1,5-6,16,18H,2-4,7H2;1H4;1H;;. The number of nitrogens with one attached hydrogen (secondary N) is 3. The first-order valence-corrected chi connectivity index (χ1v) is 21.9. The summed E-state index contributed by atoms with van der Waals surface area (Å²) in [6.07, 6.45) is -3.10. The molecule has 0 fully saturated rings. The van der Waals surface area contributed by atoms with E-state index in [2.05, 4.69) is 25.9 Å². The van der Waals surface area contributed by atoms with Crippen LogP contribution in [-0.4, -0.2) is 81.5 Å². The van der Waals surface area contributed by atoms with Crippen molar-refractivity contribution in [2.75, 3.05) is 50.0 Å². The molecule has 0 spiro atoms. The van der Waals surface area contributed by atoms with Crippen LogP contribution in [0.25, 0.3) is 11.1 Å². The minimum absolute atomic E-state index is 0. The minimum Gasteiger partial charge on any atom is -0.410 e. The Morgan fingerprint density at radius 3 is 1.47 bits per heavy atom. The molecule has 2 aliphatic rings. The van der Waals surface area contributed by atoms with Gasteiger partial charge in [-0.05, 0) is 103 Å². The highest BCUT2D eigenvalue weighted by Crippen LogP contribution is 2.36. The summed E-state index contributed by atoms with van der Waals surface area (Å²) in [4.78, 5) is 43.2. The number of nitrogens with zero attached hydrogens (tertiary/aromatic N) is 4. The molecule has 0 saturated heterocycles. The summed E-state index contributed by atoms with van der Waals surface area (Å²) in [6, 6.07) is 14.4. The second-order valence-corrected chi connectivity index (χ2v) is 16.1. The van der Waals surface area contributed by atoms with Gasteiger partial charge in [0, 0.05) is 85.0 Å². The number of aromatic nitrogens is 2. The molecule has 3 amide bonds. The van der Waals surface area contributed by atoms with Crippen LogP contribution < -0.4 is 20.7 Å². The first kappa shape index (κ1) is 69.2. The molecule has 3 aromatic carbocycles. The Bertz CT molecular complexity index is 2780. The fourth-order valence-electron chi connectivity index (χ4n) is 6.41. The number of carbonyl (C=O) groups is 2. The fraction of sp³-hybridized carbons (Fsp3) is 0.277. The van der Waals surface area contributed by atoms with Crippen molar-refractivity contribution >= 4 is 75.9 Å². The zero-order valence-corrected chi connectivity index (χ0v) is 41.1. The van der Waals surface area contributed by atoms with E-state index in [4.69, 9.17) is 56.4 Å². The van der Waals surface area contributed by atoms with E-state index in [-0.39, 0.29) is 71.3 Å². The highest BCUT2D eigenvalue weighted by Gasteiger charge is 2.34. The molecular weight excluding hydrogens is 1150 g/mol. The van der Waals surface area contributed by atoms with Crippen molar-refractivity contribution in [3.05, 3.63) is 163 Å². The number of carbonyl (C=O) groups excluding carboxylic acids is 2. The number of nitro benzene ring substituents is 1. The Morgan fingerprint density at radius 1 is 0.679 bits per heavy atom. The molecule has 31 heteroatoms. The Balaban J connectivity index is 0.000000578. The largest absolute Gasteiger partial charge is 0.417 e. The van der Waals surface area contributed by atoms with Gasteiger partial charge in [-0.1, -0.05) is 42.8 Å². The lowest BCUT2D eigenvalue weighted by atomic mass is 10.0. The SMILES string of the molecule is C.Cl.FF.FF.O=C(Nc1ccc(C(F)(F)F)cc1)N1CC=C(c2ncc(C(F)(F)CO)cc2Cl)CC1.O=C(Nc1ccc(C(F)(F)F)cc1)Oc1ccc([N+](=O)[O-])cc1.OCC(F)(F)c1cnc(C2=CCNCC2)c(Cl)c1. The Hall–Kier alpha value is -6.85. The van der Waals surface area contributed by atoms with Crippen molar-refractivity contribution in [2.24, 2.45) is 0 Å². The molecule has 0 unspecified atom stereocenters. The summed E-state index contributed by atoms with van der Waals surface area (Å²) >= 11 is 12.1. The third-order valence-electron chi connectivity index (χ3n) is 10.3. The number of benzene rings is 3. The molecule has 78 heavy (non-hydrogen) atoms. The first-order chi connectivity index (χ1) is 35.8. The quantitative estimate of drug-likeness (QED) is 0.0511. The number of ether oxygens (including phenoxy) is 1. The first-order valence-electron chi connectivity index (χ1n) is 21.1. The number of urea groups is 1. The third-order valence-corrected chi connectivity index (χ3v) is 10.8. The van der Waals surface area contributed by atoms with E-state index in [1.807, 2.05) is 6.08 Å². The number of pyridine rings is 2. The van der Waals surface area contributed by atoms with Gasteiger partial charge in [0.1, 0.15) is 19.0 Å². The topological polar surface area (TPSA) is 192 Å². The number of aliphatic hydroxyl groups excluding tert-OH is 2. The highest BCUT2D eigenvalue weighted by molar-refractivity contribution is 6.32. The zero-order chi connectivity index (χ0) is 57.0. The molecule has 14 nitrogen and oxygen atoms in total. The zero-order valence-electron chi connectivity index (χ0n) is 38.7. The summed E-state index contributed by atoms with van der Waals surface area (Å²) < 4.78 is 166. The Kier molecular flexibility index (Phi) is 28.0. The van der Waals surface area contributed by atoms with Crippen LogP contribution in [0.3, 0.4) is 0 Å². The maximum atomic E-state index is 13.6. The van der Waals surface area contributed by atoms with Crippen molar-refractivity contribution in [3.8, 4) is 5.75 Å². The predicted octanol–water partition coefficient (Wildman–Crippen LogP) is 14.3. The van der Waals surface area contributed by atoms with Gasteiger partial charge < -0.3 is 30.5 Å². The summed E-state index contributed by atoms with van der Waals surface area (Å²) in [5, 5.41) is 36.0. The smallest absolute Gasteiger partial charge is 0.410 e. The molecule has 7 rings (SSSR count). The molecular formula is C47H44Cl3F14N7O7. The van der Waals surface area contributed by atoms with E-state index in [1.165, 1.54) is 35.2 Å². The maximum absolute atomic E-state index is 13.6. The van der Waals surface area contributed by atoms with Crippen molar-refractivity contribution < 1.29 is 91.7 Å². The average molecular weight is 1190 g/mol. The molecule has 2 aromatic heterocycles. The fourth-order valence-corrected chi connectivity index (χ4v) is 6.99. The number of halogens is 17. The number of anilines is 2. The van der Waals surface area contributed by atoms with Gasteiger partial charge in [0.25, 0.3) is 17.5 Å². The maximum Gasteiger partial charge on any atom is 0.417 e. The molecule has 0 bridgehead atoms. The van der Waals surface area contributed by atoms with Gasteiger partial charge >= 0.3 is 24.5 Å². The van der Waals surface area contributed by atoms with Crippen LogP contribution >= 0.6 is 35.6 Å². The van der Waals surface area contributed by atoms with E-state index < -0.39 is 71.1 Å². The van der Waals surface area contributed by atoms with E-state index in [0.29, 0.717) is 23.4 Å². The van der Waals surface area contributed by atoms with Crippen LogP contribution in [0.2, 0.25) is 10.0 Å². The lowest BCUT2D eigenvalue weighted by Crippen LogP contribution is -2.38. The number of rotatable bonds is 10. The second kappa shape index (κ2) is 31.5. The molecule has 0 saturated carbocycles. The molecule has 2 aliphatic heterocycles. The molecule has 5 aromatic rings. The minimum atomic E-state index is -4.46. The van der Waals surface area contributed by atoms with Gasteiger partial charge in [-0.15, -0.1) is 12.4 Å². The molecule has 0 aliphatic carbocycles. The lowest BCUT2D eigenvalue weighted by Gasteiger charge is -2.27. The van der Waals surface area contributed by atoms with Crippen LogP contribution in [0.4, 0.5) is 88.9 Å². The van der Waals surface area contributed by atoms with Gasteiger partial charge in [-0.3, -0.25) is 25.4 Å². The monoisotopic (exact) mass is 1190 g/mol. The summed E-state index contributed by atoms with van der Waals surface area (Å²) in [7, 11) is 0. The average Bonchev–Trinajstić information content (AvgIpc) is 3.40. The van der Waals surface area contributed by atoms with Crippen LogP contribution in [0.1, 0.15) is 53.9 Å². The number of aliphatic hydroxyl groups is 2. The Morgan fingerprint density at radius 2 is 1.12 bits per heavy atom. The Labute approximate surface area is 450 Å². The van der Waals surface area contributed by atoms with E-state index >= 15 is 0 Å². The lowest BCUT2D eigenvalue weighted by molar-refractivity contribution is -0.384. The van der Waals surface area contributed by atoms with Crippen molar-refractivity contribution in [1.29, 1.82) is 0 Å². The molecule has 4 heterocycles. The normalized spacial score (nSPS) is 13.1. The second-order valence-electron chi connectivity index (χ2n) is 15.3. The van der Waals surface area contributed by atoms with E-state index in [0.717, 1.165) is 92.1 Å². The van der Waals surface area contributed by atoms with Crippen LogP contribution in [0.5, 0.6) is 5.75 Å². The number of alkyl halides is 10. The van der Waals surface area contributed by atoms with Gasteiger partial charge in [-0.2, -0.15) is 43.9 Å². The highest BCUT2D eigenvalue weighted by atomic mass is 35.5. The number of amides is 3. The molecule has 0 atom stereocenters. The van der Waals surface area contributed by atoms with Gasteiger partial charge in [-0.25, -0.2) is 9.59 Å². The summed E-state index contributed by atoms with van der Waals surface area (Å²) in [5.41, 5.74) is 0.113. The van der Waals surface area contributed by atoms with E-state index in [9.17, 15) is 63.6 Å². The number of hydrogen-bond donors (Lipinski definition) is 5. The summed E-state index contributed by atoms with van der Waals surface area (Å²) in [5.74, 6) is -6.71. The number of nitro groups is 1. The van der Waals surface area contributed by atoms with Crippen LogP contribution in [-0.2, 0) is 24.2 Å². The van der Waals surface area contributed by atoms with Crippen molar-refractivity contribution in [1.82, 2.24) is 20.2 Å². The number of hydrogen-bond acceptors (Lipinski definition) is 10. The van der Waals surface area contributed by atoms with Crippen LogP contribution in [0.15, 0.2) is 109 Å². The van der Waals surface area contributed by atoms with Crippen molar-refractivity contribution in [3.63, 3.8) is 0 Å². The number of non-ortho nitro benzene ring substituents is 1. The van der Waals surface area contributed by atoms with Crippen molar-refractivity contribution in [2.45, 2.75) is 44.5 Å². The van der Waals surface area contributed by atoms with Gasteiger partial charge in [0.05, 0.1) is 37.5 Å². The molecule has 0 radical (unpaired) electrons. The van der Waals surface area contributed by atoms with Crippen LogP contribution in [0, 0.1) is 10.1 Å². The van der Waals surface area contributed by atoms with Gasteiger partial charge in [0.2, 0.25) is 0 Å². The van der Waals surface area contributed by atoms with E-state index in [1.54, 1.807) is 6.08 Å². The van der Waals surface area contributed by atoms with Gasteiger partial charge in [0.15, 0.2) is 0 Å². The predicted molar refractivity (Wildman–Crippen MR) is 263 cm³/mol. The summed E-state index contributed by atoms with van der Waals surface area (Å²) in [6.45, 7) is -0.632. The molecule has 5 N–H and O–H groups in total. The molecule has 428 valence electrons.